The van der Waals surface area contributed by atoms with Crippen LogP contribution in [0.4, 0.5) is 5.69 Å². The Morgan fingerprint density at radius 1 is 0.800 bits per heavy atom. The van der Waals surface area contributed by atoms with Gasteiger partial charge in [-0.15, -0.1) is 0 Å². The zero-order valence-electron chi connectivity index (χ0n) is 15.8. The summed E-state index contributed by atoms with van der Waals surface area (Å²) in [5.74, 6) is -0.968. The third-order valence-corrected chi connectivity index (χ3v) is 6.02. The number of hydrogen-bond acceptors (Lipinski definition) is 4. The van der Waals surface area contributed by atoms with E-state index in [4.69, 9.17) is 0 Å². The van der Waals surface area contributed by atoms with Crippen LogP contribution in [0.3, 0.4) is 0 Å². The van der Waals surface area contributed by atoms with E-state index >= 15 is 0 Å². The van der Waals surface area contributed by atoms with Crippen LogP contribution in [0, 0.1) is 6.92 Å². The van der Waals surface area contributed by atoms with Crippen molar-refractivity contribution in [3.63, 3.8) is 0 Å². The van der Waals surface area contributed by atoms with E-state index in [0.717, 1.165) is 10.0 Å². The van der Waals surface area contributed by atoms with E-state index in [1.807, 2.05) is 13.0 Å². The van der Waals surface area contributed by atoms with Gasteiger partial charge in [0.15, 0.2) is 0 Å². The van der Waals surface area contributed by atoms with E-state index in [-0.39, 0.29) is 10.5 Å². The molecule has 7 nitrogen and oxygen atoms in total. The summed E-state index contributed by atoms with van der Waals surface area (Å²) in [6.45, 7) is 1.86. The van der Waals surface area contributed by atoms with Gasteiger partial charge in [0.1, 0.15) is 0 Å². The highest BCUT2D eigenvalue weighted by Crippen LogP contribution is 2.19. The average Bonchev–Trinajstić information content (AvgIpc) is 2.72. The van der Waals surface area contributed by atoms with Crippen LogP contribution in [0.5, 0.6) is 0 Å². The minimum atomic E-state index is -3.75. The maximum absolute atomic E-state index is 12.4. The molecule has 0 bridgehead atoms. The van der Waals surface area contributed by atoms with Crippen molar-refractivity contribution in [3.8, 4) is 0 Å². The van der Waals surface area contributed by atoms with Gasteiger partial charge in [0.2, 0.25) is 0 Å². The van der Waals surface area contributed by atoms with Crippen molar-refractivity contribution in [3.05, 3.63) is 94.0 Å². The Morgan fingerprint density at radius 3 is 2.00 bits per heavy atom. The van der Waals surface area contributed by atoms with Gasteiger partial charge in [0, 0.05) is 21.3 Å². The van der Waals surface area contributed by atoms with Crippen molar-refractivity contribution in [2.24, 2.45) is 0 Å². The van der Waals surface area contributed by atoms with Crippen LogP contribution < -0.4 is 15.6 Å². The zero-order valence-corrected chi connectivity index (χ0v) is 18.2. The number of sulfonamides is 1. The Balaban J connectivity index is 1.61. The predicted molar refractivity (Wildman–Crippen MR) is 118 cm³/mol. The Hall–Kier alpha value is -3.17. The van der Waals surface area contributed by atoms with E-state index in [1.54, 1.807) is 30.3 Å². The quantitative estimate of drug-likeness (QED) is 0.477. The molecule has 3 N–H and O–H groups in total. The lowest BCUT2D eigenvalue weighted by Crippen LogP contribution is -2.41. The molecule has 3 aromatic carbocycles. The Kier molecular flexibility index (Phi) is 6.53. The van der Waals surface area contributed by atoms with Crippen molar-refractivity contribution in [1.29, 1.82) is 0 Å². The molecule has 0 aromatic heterocycles. The number of benzene rings is 3. The SMILES string of the molecule is Cc1cccc(C(=O)NNC(=O)c2ccc(NS(=O)(=O)c3ccc(Br)cc3)cc2)c1. The van der Waals surface area contributed by atoms with Crippen LogP contribution in [-0.2, 0) is 10.0 Å². The first kappa shape index (κ1) is 21.5. The van der Waals surface area contributed by atoms with Crippen LogP contribution >= 0.6 is 15.9 Å². The Morgan fingerprint density at radius 2 is 1.40 bits per heavy atom. The third kappa shape index (κ3) is 5.46. The second-order valence-corrected chi connectivity index (χ2v) is 9.01. The molecule has 3 rings (SSSR count). The van der Waals surface area contributed by atoms with Gasteiger partial charge in [0.25, 0.3) is 21.8 Å². The minimum Gasteiger partial charge on any atom is -0.280 e. The Bertz CT molecular complexity index is 1180. The number of nitrogens with one attached hydrogen (secondary N) is 3. The maximum Gasteiger partial charge on any atom is 0.269 e. The van der Waals surface area contributed by atoms with Crippen LogP contribution in [-0.4, -0.2) is 20.2 Å². The van der Waals surface area contributed by atoms with Gasteiger partial charge in [-0.05, 0) is 67.6 Å². The van der Waals surface area contributed by atoms with Gasteiger partial charge in [0.05, 0.1) is 4.90 Å². The van der Waals surface area contributed by atoms with E-state index in [1.165, 1.54) is 36.4 Å². The summed E-state index contributed by atoms with van der Waals surface area (Å²) in [5, 5.41) is 0. The molecule has 0 unspecified atom stereocenters. The summed E-state index contributed by atoms with van der Waals surface area (Å²) in [4.78, 5) is 24.4. The second kappa shape index (κ2) is 9.10. The van der Waals surface area contributed by atoms with Gasteiger partial charge >= 0.3 is 0 Å². The van der Waals surface area contributed by atoms with Gasteiger partial charge < -0.3 is 0 Å². The molecule has 154 valence electrons. The molecule has 0 spiro atoms. The standard InChI is InChI=1S/C21H18BrN3O4S/c1-14-3-2-4-16(13-14)21(27)24-23-20(26)15-5-9-18(10-6-15)25-30(28,29)19-11-7-17(22)8-12-19/h2-13,25H,1H3,(H,23,26)(H,24,27). The molecular weight excluding hydrogens is 470 g/mol. The number of hydrogen-bond donors (Lipinski definition) is 3. The highest BCUT2D eigenvalue weighted by Gasteiger charge is 2.15. The van der Waals surface area contributed by atoms with Crippen LogP contribution in [0.1, 0.15) is 26.3 Å². The van der Waals surface area contributed by atoms with E-state index in [9.17, 15) is 18.0 Å². The minimum absolute atomic E-state index is 0.117. The van der Waals surface area contributed by atoms with Crippen molar-refractivity contribution in [2.75, 3.05) is 4.72 Å². The first-order valence-electron chi connectivity index (χ1n) is 8.80. The summed E-state index contributed by atoms with van der Waals surface area (Å²) in [7, 11) is -3.75. The first-order valence-corrected chi connectivity index (χ1v) is 11.1. The molecule has 9 heteroatoms. The average molecular weight is 488 g/mol. The summed E-state index contributed by atoms with van der Waals surface area (Å²) in [6, 6.07) is 19.0. The van der Waals surface area contributed by atoms with Gasteiger partial charge in [-0.3, -0.25) is 25.2 Å². The van der Waals surface area contributed by atoms with Crippen molar-refractivity contribution < 1.29 is 18.0 Å². The molecule has 0 aliphatic rings. The second-order valence-electron chi connectivity index (χ2n) is 6.41. The van der Waals surface area contributed by atoms with E-state index < -0.39 is 21.8 Å². The molecule has 0 saturated carbocycles. The summed E-state index contributed by atoms with van der Waals surface area (Å²) in [6.07, 6.45) is 0. The van der Waals surface area contributed by atoms with Crippen LogP contribution in [0.25, 0.3) is 0 Å². The molecule has 0 aliphatic carbocycles. The largest absolute Gasteiger partial charge is 0.280 e. The Labute approximate surface area is 182 Å². The molecule has 30 heavy (non-hydrogen) atoms. The summed E-state index contributed by atoms with van der Waals surface area (Å²) < 4.78 is 28.1. The smallest absolute Gasteiger partial charge is 0.269 e. The molecule has 0 radical (unpaired) electrons. The zero-order chi connectivity index (χ0) is 21.7. The van der Waals surface area contributed by atoms with Gasteiger partial charge in [-0.25, -0.2) is 8.42 Å². The fraction of sp³-hybridized carbons (Fsp3) is 0.0476. The molecule has 0 atom stereocenters. The van der Waals surface area contributed by atoms with Gasteiger partial charge in [-0.2, -0.15) is 0 Å². The monoisotopic (exact) mass is 487 g/mol. The number of carbonyl (C=O) groups is 2. The number of amides is 2. The molecule has 0 saturated heterocycles. The maximum atomic E-state index is 12.4. The summed E-state index contributed by atoms with van der Waals surface area (Å²) in [5.41, 5.74) is 6.59. The number of hydrazine groups is 1. The third-order valence-electron chi connectivity index (χ3n) is 4.09. The highest BCUT2D eigenvalue weighted by molar-refractivity contribution is 9.10. The molecular formula is C21H18BrN3O4S. The number of anilines is 1. The molecule has 0 fully saturated rings. The number of aryl methyl sites for hydroxylation is 1. The fourth-order valence-electron chi connectivity index (χ4n) is 2.56. The lowest BCUT2D eigenvalue weighted by atomic mass is 10.1. The first-order chi connectivity index (χ1) is 14.2. The van der Waals surface area contributed by atoms with Gasteiger partial charge in [-0.1, -0.05) is 33.6 Å². The number of carbonyl (C=O) groups excluding carboxylic acids is 2. The van der Waals surface area contributed by atoms with Crippen LogP contribution in [0.2, 0.25) is 0 Å². The molecule has 3 aromatic rings. The lowest BCUT2D eigenvalue weighted by Gasteiger charge is -2.10. The highest BCUT2D eigenvalue weighted by atomic mass is 79.9. The topological polar surface area (TPSA) is 104 Å². The van der Waals surface area contributed by atoms with E-state index in [2.05, 4.69) is 31.5 Å². The predicted octanol–water partition coefficient (Wildman–Crippen LogP) is 3.63. The van der Waals surface area contributed by atoms with Crippen LogP contribution in [0.15, 0.2) is 82.2 Å². The fourth-order valence-corrected chi connectivity index (χ4v) is 3.88. The number of halogens is 1. The lowest BCUT2D eigenvalue weighted by molar-refractivity contribution is 0.0846. The number of rotatable bonds is 5. The van der Waals surface area contributed by atoms with Crippen molar-refractivity contribution in [1.82, 2.24) is 10.9 Å². The molecule has 0 heterocycles. The van der Waals surface area contributed by atoms with E-state index in [0.29, 0.717) is 11.3 Å². The van der Waals surface area contributed by atoms with Crippen molar-refractivity contribution in [2.45, 2.75) is 11.8 Å². The summed E-state index contributed by atoms with van der Waals surface area (Å²) >= 11 is 3.26. The molecule has 0 aliphatic heterocycles. The van der Waals surface area contributed by atoms with Crippen molar-refractivity contribution >= 4 is 43.5 Å². The normalized spacial score (nSPS) is 10.9. The molecule has 2 amide bonds.